The molecule has 0 saturated carbocycles. The van der Waals surface area contributed by atoms with Gasteiger partial charge in [-0.1, -0.05) is 6.92 Å². The topological polar surface area (TPSA) is 112 Å². The molecule has 3 N–H and O–H groups in total. The van der Waals surface area contributed by atoms with Gasteiger partial charge in [0.1, 0.15) is 0 Å². The molecule has 1 unspecified atom stereocenters. The van der Waals surface area contributed by atoms with Crippen molar-refractivity contribution in [2.45, 2.75) is 11.9 Å². The Kier molecular flexibility index (Phi) is 3.43. The molecule has 1 atom stereocenters. The normalized spacial score (nSPS) is 13.7. The zero-order valence-electron chi connectivity index (χ0n) is 7.97. The molecule has 0 amide bonds. The largest absolute Gasteiger partial charge is 0.481 e. The molecule has 1 heterocycles. The van der Waals surface area contributed by atoms with Crippen LogP contribution in [0.15, 0.2) is 17.6 Å². The van der Waals surface area contributed by atoms with Gasteiger partial charge in [-0.3, -0.25) is 4.79 Å². The fourth-order valence-electron chi connectivity index (χ4n) is 0.790. The molecule has 0 bridgehead atoms. The van der Waals surface area contributed by atoms with Gasteiger partial charge in [-0.25, -0.2) is 18.1 Å². The molecule has 0 aliphatic rings. The molecule has 0 spiro atoms. The van der Waals surface area contributed by atoms with Crippen molar-refractivity contribution in [3.63, 3.8) is 0 Å². The Morgan fingerprint density at radius 2 is 2.40 bits per heavy atom. The van der Waals surface area contributed by atoms with Crippen molar-refractivity contribution in [1.82, 2.24) is 14.7 Å². The lowest BCUT2D eigenvalue weighted by Gasteiger charge is -2.07. The van der Waals surface area contributed by atoms with Crippen LogP contribution < -0.4 is 4.72 Å². The predicted molar refractivity (Wildman–Crippen MR) is 50.6 cm³/mol. The molecule has 0 saturated heterocycles. The van der Waals surface area contributed by atoms with Crippen LogP contribution in [0.3, 0.4) is 0 Å². The number of rotatable bonds is 5. The van der Waals surface area contributed by atoms with E-state index in [0.29, 0.717) is 0 Å². The molecular weight excluding hydrogens is 222 g/mol. The van der Waals surface area contributed by atoms with Crippen LogP contribution in [-0.2, 0) is 14.8 Å². The van der Waals surface area contributed by atoms with E-state index in [-0.39, 0.29) is 11.6 Å². The summed E-state index contributed by atoms with van der Waals surface area (Å²) < 4.78 is 25.1. The highest BCUT2D eigenvalue weighted by molar-refractivity contribution is 7.89. The maximum absolute atomic E-state index is 11.4. The van der Waals surface area contributed by atoms with E-state index in [2.05, 4.69) is 14.7 Å². The zero-order chi connectivity index (χ0) is 11.5. The minimum atomic E-state index is -3.68. The first-order valence-corrected chi connectivity index (χ1v) is 5.62. The molecule has 0 radical (unpaired) electrons. The smallest absolute Gasteiger partial charge is 0.307 e. The molecule has 15 heavy (non-hydrogen) atoms. The van der Waals surface area contributed by atoms with E-state index >= 15 is 0 Å². The van der Waals surface area contributed by atoms with Crippen molar-refractivity contribution in [2.75, 3.05) is 6.54 Å². The number of hydrogen-bond acceptors (Lipinski definition) is 4. The van der Waals surface area contributed by atoms with Gasteiger partial charge in [0, 0.05) is 6.54 Å². The fourth-order valence-corrected chi connectivity index (χ4v) is 1.82. The monoisotopic (exact) mass is 233 g/mol. The van der Waals surface area contributed by atoms with E-state index in [1.807, 2.05) is 0 Å². The van der Waals surface area contributed by atoms with Crippen molar-refractivity contribution in [3.05, 3.63) is 12.5 Å². The SMILES string of the molecule is CC(CNS(=O)(=O)c1cnc[nH]1)C(=O)O. The minimum absolute atomic E-state index is 0.0833. The molecule has 1 rings (SSSR count). The quantitative estimate of drug-likeness (QED) is 0.629. The van der Waals surface area contributed by atoms with Crippen LogP contribution >= 0.6 is 0 Å². The van der Waals surface area contributed by atoms with Crippen molar-refractivity contribution >= 4 is 16.0 Å². The van der Waals surface area contributed by atoms with Crippen LogP contribution in [-0.4, -0.2) is 36.0 Å². The highest BCUT2D eigenvalue weighted by Crippen LogP contribution is 2.02. The number of aromatic amines is 1. The molecule has 0 aliphatic carbocycles. The summed E-state index contributed by atoms with van der Waals surface area (Å²) in [7, 11) is -3.68. The number of carboxylic acids is 1. The summed E-state index contributed by atoms with van der Waals surface area (Å²) in [6.07, 6.45) is 2.38. The van der Waals surface area contributed by atoms with Gasteiger partial charge in [0.15, 0.2) is 5.03 Å². The zero-order valence-corrected chi connectivity index (χ0v) is 8.78. The van der Waals surface area contributed by atoms with Crippen molar-refractivity contribution < 1.29 is 18.3 Å². The summed E-state index contributed by atoms with van der Waals surface area (Å²) in [5, 5.41) is 8.47. The third-order valence-electron chi connectivity index (χ3n) is 1.76. The lowest BCUT2D eigenvalue weighted by atomic mass is 10.2. The number of nitrogens with zero attached hydrogens (tertiary/aromatic N) is 1. The Balaban J connectivity index is 2.63. The van der Waals surface area contributed by atoms with Crippen LogP contribution in [0.2, 0.25) is 0 Å². The van der Waals surface area contributed by atoms with E-state index in [1.165, 1.54) is 13.3 Å². The molecular formula is C7H11N3O4S. The molecule has 0 aliphatic heterocycles. The molecule has 0 aromatic carbocycles. The van der Waals surface area contributed by atoms with Crippen LogP contribution in [0.4, 0.5) is 0 Å². The van der Waals surface area contributed by atoms with Gasteiger partial charge in [-0.2, -0.15) is 0 Å². The lowest BCUT2D eigenvalue weighted by molar-refractivity contribution is -0.140. The van der Waals surface area contributed by atoms with Gasteiger partial charge in [-0.15, -0.1) is 0 Å². The minimum Gasteiger partial charge on any atom is -0.481 e. The van der Waals surface area contributed by atoms with E-state index in [1.54, 1.807) is 0 Å². The first kappa shape index (κ1) is 11.7. The average Bonchev–Trinajstić information content (AvgIpc) is 2.67. The maximum atomic E-state index is 11.4. The van der Waals surface area contributed by atoms with E-state index in [4.69, 9.17) is 5.11 Å². The molecule has 7 nitrogen and oxygen atoms in total. The second kappa shape index (κ2) is 4.41. The average molecular weight is 233 g/mol. The maximum Gasteiger partial charge on any atom is 0.307 e. The predicted octanol–water partition coefficient (Wildman–Crippen LogP) is -0.591. The molecule has 8 heteroatoms. The van der Waals surface area contributed by atoms with Crippen molar-refractivity contribution in [3.8, 4) is 0 Å². The van der Waals surface area contributed by atoms with E-state index in [0.717, 1.165) is 6.20 Å². The van der Waals surface area contributed by atoms with Crippen LogP contribution in [0.5, 0.6) is 0 Å². The first-order chi connectivity index (χ1) is 6.93. The Morgan fingerprint density at radius 3 is 2.87 bits per heavy atom. The summed E-state index contributed by atoms with van der Waals surface area (Å²) >= 11 is 0. The Morgan fingerprint density at radius 1 is 1.73 bits per heavy atom. The number of hydrogen-bond donors (Lipinski definition) is 3. The van der Waals surface area contributed by atoms with Crippen LogP contribution in [0.1, 0.15) is 6.92 Å². The van der Waals surface area contributed by atoms with Gasteiger partial charge in [0.05, 0.1) is 18.4 Å². The van der Waals surface area contributed by atoms with Crippen molar-refractivity contribution in [1.29, 1.82) is 0 Å². The summed E-state index contributed by atoms with van der Waals surface area (Å²) in [6.45, 7) is 1.26. The highest BCUT2D eigenvalue weighted by atomic mass is 32.2. The summed E-state index contributed by atoms with van der Waals surface area (Å²) in [4.78, 5) is 16.4. The number of H-pyrrole nitrogens is 1. The third-order valence-corrected chi connectivity index (χ3v) is 3.11. The molecule has 0 fully saturated rings. The number of aromatic nitrogens is 2. The Labute approximate surface area is 86.6 Å². The highest BCUT2D eigenvalue weighted by Gasteiger charge is 2.18. The van der Waals surface area contributed by atoms with Crippen LogP contribution in [0, 0.1) is 5.92 Å². The number of aliphatic carboxylic acids is 1. The first-order valence-electron chi connectivity index (χ1n) is 4.14. The van der Waals surface area contributed by atoms with Gasteiger partial charge < -0.3 is 10.1 Å². The number of carboxylic acid groups (broad SMARTS) is 1. The standard InChI is InChI=1S/C7H11N3O4S/c1-5(7(11)12)2-10-15(13,14)6-3-8-4-9-6/h3-5,10H,2H2,1H3,(H,8,9)(H,11,12). The third kappa shape index (κ3) is 3.03. The number of sulfonamides is 1. The Hall–Kier alpha value is -1.41. The second-order valence-electron chi connectivity index (χ2n) is 3.01. The lowest BCUT2D eigenvalue weighted by Crippen LogP contribution is -2.31. The van der Waals surface area contributed by atoms with Gasteiger partial charge in [-0.05, 0) is 0 Å². The number of nitrogens with one attached hydrogen (secondary N) is 2. The number of carbonyl (C=O) groups is 1. The van der Waals surface area contributed by atoms with Crippen molar-refractivity contribution in [2.24, 2.45) is 5.92 Å². The van der Waals surface area contributed by atoms with E-state index < -0.39 is 21.9 Å². The van der Waals surface area contributed by atoms with E-state index in [9.17, 15) is 13.2 Å². The molecule has 1 aromatic heterocycles. The molecule has 1 aromatic rings. The number of imidazole rings is 1. The summed E-state index contributed by atoms with van der Waals surface area (Å²) in [5.74, 6) is -1.83. The van der Waals surface area contributed by atoms with Gasteiger partial charge >= 0.3 is 5.97 Å². The van der Waals surface area contributed by atoms with Gasteiger partial charge in [0.2, 0.25) is 0 Å². The summed E-state index contributed by atoms with van der Waals surface area (Å²) in [5.41, 5.74) is 0. The Bertz CT molecular complexity index is 425. The van der Waals surface area contributed by atoms with Crippen LogP contribution in [0.25, 0.3) is 0 Å². The summed E-state index contributed by atoms with van der Waals surface area (Å²) in [6, 6.07) is 0. The van der Waals surface area contributed by atoms with Gasteiger partial charge in [0.25, 0.3) is 10.0 Å². The molecule has 84 valence electrons. The second-order valence-corrected chi connectivity index (χ2v) is 4.74. The fraction of sp³-hybridized carbons (Fsp3) is 0.429.